The Morgan fingerprint density at radius 3 is 3.00 bits per heavy atom. The molecule has 2 atom stereocenters. The normalized spacial score (nSPS) is 16.3. The van der Waals surface area contributed by atoms with Crippen LogP contribution in [-0.2, 0) is 0 Å². The highest BCUT2D eigenvalue weighted by Gasteiger charge is 2.20. The van der Waals surface area contributed by atoms with Crippen molar-refractivity contribution < 1.29 is 14.6 Å². The molecule has 1 aliphatic heterocycles. The third-order valence-corrected chi connectivity index (χ3v) is 4.68. The van der Waals surface area contributed by atoms with Crippen LogP contribution >= 0.6 is 22.9 Å². The molecular weight excluding hydrogens is 324 g/mol. The number of aliphatic hydroxyl groups excluding tert-OH is 1. The van der Waals surface area contributed by atoms with Crippen molar-refractivity contribution in [3.05, 3.63) is 39.3 Å². The maximum Gasteiger partial charge on any atom is 0.179 e. The molecule has 2 heterocycles. The minimum absolute atomic E-state index is 0.0855. The van der Waals surface area contributed by atoms with Crippen LogP contribution in [0, 0.1) is 0 Å². The number of halogens is 1. The Kier molecular flexibility index (Phi) is 4.83. The first-order chi connectivity index (χ1) is 10.6. The van der Waals surface area contributed by atoms with E-state index in [0.717, 1.165) is 5.01 Å². The lowest BCUT2D eigenvalue weighted by Crippen LogP contribution is -2.25. The van der Waals surface area contributed by atoms with Gasteiger partial charge in [0.15, 0.2) is 11.5 Å². The van der Waals surface area contributed by atoms with Gasteiger partial charge in [0.2, 0.25) is 0 Å². The van der Waals surface area contributed by atoms with Crippen LogP contribution in [0.1, 0.15) is 29.6 Å². The number of aliphatic hydroxyl groups is 1. The van der Waals surface area contributed by atoms with Gasteiger partial charge in [0.05, 0.1) is 17.2 Å². The number of ether oxygens (including phenoxy) is 2. The molecule has 0 saturated heterocycles. The molecule has 0 fully saturated rings. The molecule has 118 valence electrons. The average molecular weight is 341 g/mol. The lowest BCUT2D eigenvalue weighted by molar-refractivity contribution is 0.161. The van der Waals surface area contributed by atoms with Gasteiger partial charge < -0.3 is 19.9 Å². The van der Waals surface area contributed by atoms with E-state index in [1.807, 2.05) is 12.3 Å². The van der Waals surface area contributed by atoms with Crippen LogP contribution < -0.4 is 14.8 Å². The molecular formula is C15H17ClN2O3S. The first kappa shape index (κ1) is 15.6. The molecule has 22 heavy (non-hydrogen) atoms. The molecule has 0 amide bonds. The highest BCUT2D eigenvalue weighted by molar-refractivity contribution is 7.09. The van der Waals surface area contributed by atoms with E-state index >= 15 is 0 Å². The SMILES string of the molecule is C[C@@H](NC[C@@H](O)c1cc(Cl)c2c(c1)OCCO2)c1nccs1. The number of rotatable bonds is 5. The summed E-state index contributed by atoms with van der Waals surface area (Å²) >= 11 is 7.78. The van der Waals surface area contributed by atoms with Gasteiger partial charge in [0, 0.05) is 18.1 Å². The van der Waals surface area contributed by atoms with Crippen LogP contribution in [-0.4, -0.2) is 29.8 Å². The highest BCUT2D eigenvalue weighted by Crippen LogP contribution is 2.39. The molecule has 5 nitrogen and oxygen atoms in total. The molecule has 0 bridgehead atoms. The number of thiazole rings is 1. The predicted octanol–water partition coefficient (Wildman–Crippen LogP) is 2.95. The van der Waals surface area contributed by atoms with E-state index < -0.39 is 6.10 Å². The summed E-state index contributed by atoms with van der Waals surface area (Å²) in [6, 6.07) is 3.58. The fourth-order valence-electron chi connectivity index (χ4n) is 2.27. The standard InChI is InChI=1S/C15H17ClN2O3S/c1-9(15-17-2-5-22-15)18-8-12(19)10-6-11(16)14-13(7-10)20-3-4-21-14/h2,5-7,9,12,18-19H,3-4,8H2,1H3/t9-,12-/m1/s1. The molecule has 7 heteroatoms. The van der Waals surface area contributed by atoms with Crippen molar-refractivity contribution in [2.45, 2.75) is 19.1 Å². The molecule has 1 aromatic heterocycles. The Morgan fingerprint density at radius 2 is 2.23 bits per heavy atom. The van der Waals surface area contributed by atoms with Crippen LogP contribution in [0.25, 0.3) is 0 Å². The van der Waals surface area contributed by atoms with Gasteiger partial charge in [0.25, 0.3) is 0 Å². The van der Waals surface area contributed by atoms with E-state index in [1.165, 1.54) is 0 Å². The van der Waals surface area contributed by atoms with Gasteiger partial charge in [-0.15, -0.1) is 11.3 Å². The van der Waals surface area contributed by atoms with Gasteiger partial charge >= 0.3 is 0 Å². The number of nitrogens with one attached hydrogen (secondary N) is 1. The minimum atomic E-state index is -0.685. The molecule has 2 N–H and O–H groups in total. The summed E-state index contributed by atoms with van der Waals surface area (Å²) in [5.74, 6) is 1.13. The van der Waals surface area contributed by atoms with Crippen molar-refractivity contribution in [2.24, 2.45) is 0 Å². The minimum Gasteiger partial charge on any atom is -0.486 e. The van der Waals surface area contributed by atoms with E-state index in [4.69, 9.17) is 21.1 Å². The maximum absolute atomic E-state index is 10.4. The Balaban J connectivity index is 1.67. The molecule has 0 radical (unpaired) electrons. The fraction of sp³-hybridized carbons (Fsp3) is 0.400. The van der Waals surface area contributed by atoms with Crippen LogP contribution in [0.2, 0.25) is 5.02 Å². The lowest BCUT2D eigenvalue weighted by atomic mass is 10.1. The van der Waals surface area contributed by atoms with Crippen molar-refractivity contribution in [1.29, 1.82) is 0 Å². The first-order valence-corrected chi connectivity index (χ1v) is 8.31. The molecule has 0 unspecified atom stereocenters. The second-order valence-electron chi connectivity index (χ2n) is 5.04. The van der Waals surface area contributed by atoms with Crippen molar-refractivity contribution in [3.8, 4) is 11.5 Å². The van der Waals surface area contributed by atoms with E-state index in [2.05, 4.69) is 10.3 Å². The van der Waals surface area contributed by atoms with Crippen molar-refractivity contribution in [3.63, 3.8) is 0 Å². The number of hydrogen-bond acceptors (Lipinski definition) is 6. The van der Waals surface area contributed by atoms with Gasteiger partial charge in [-0.2, -0.15) is 0 Å². The van der Waals surface area contributed by atoms with Crippen molar-refractivity contribution >= 4 is 22.9 Å². The zero-order chi connectivity index (χ0) is 15.5. The number of benzene rings is 1. The molecule has 0 spiro atoms. The zero-order valence-electron chi connectivity index (χ0n) is 12.1. The summed E-state index contributed by atoms with van der Waals surface area (Å²) < 4.78 is 11.0. The summed E-state index contributed by atoms with van der Waals surface area (Å²) in [6.45, 7) is 3.39. The molecule has 0 aliphatic carbocycles. The Morgan fingerprint density at radius 1 is 1.41 bits per heavy atom. The third-order valence-electron chi connectivity index (χ3n) is 3.44. The van der Waals surface area contributed by atoms with Crippen LogP contribution in [0.15, 0.2) is 23.7 Å². The van der Waals surface area contributed by atoms with E-state index in [0.29, 0.717) is 41.8 Å². The quantitative estimate of drug-likeness (QED) is 0.876. The average Bonchev–Trinajstić information content (AvgIpc) is 3.06. The van der Waals surface area contributed by atoms with E-state index in [9.17, 15) is 5.11 Å². The first-order valence-electron chi connectivity index (χ1n) is 7.05. The Bertz CT molecular complexity index is 636. The summed E-state index contributed by atoms with van der Waals surface area (Å²) in [6.07, 6.45) is 1.09. The Labute approximate surface area is 137 Å². The summed E-state index contributed by atoms with van der Waals surface area (Å²) in [7, 11) is 0. The lowest BCUT2D eigenvalue weighted by Gasteiger charge is -2.22. The molecule has 2 aromatic rings. The second kappa shape index (κ2) is 6.83. The van der Waals surface area contributed by atoms with Gasteiger partial charge in [-0.25, -0.2) is 4.98 Å². The van der Waals surface area contributed by atoms with Crippen molar-refractivity contribution in [2.75, 3.05) is 19.8 Å². The number of fused-ring (bicyclic) bond motifs is 1. The van der Waals surface area contributed by atoms with Crippen LogP contribution in [0.5, 0.6) is 11.5 Å². The number of nitrogens with zero attached hydrogens (tertiary/aromatic N) is 1. The molecule has 3 rings (SSSR count). The van der Waals surface area contributed by atoms with Crippen LogP contribution in [0.4, 0.5) is 0 Å². The van der Waals surface area contributed by atoms with Gasteiger partial charge in [-0.1, -0.05) is 11.6 Å². The maximum atomic E-state index is 10.4. The summed E-state index contributed by atoms with van der Waals surface area (Å²) in [5, 5.41) is 17.0. The molecule has 1 aliphatic rings. The third kappa shape index (κ3) is 3.35. The zero-order valence-corrected chi connectivity index (χ0v) is 13.7. The second-order valence-corrected chi connectivity index (χ2v) is 6.38. The topological polar surface area (TPSA) is 63.6 Å². The molecule has 1 aromatic carbocycles. The van der Waals surface area contributed by atoms with E-state index in [1.54, 1.807) is 29.7 Å². The predicted molar refractivity (Wildman–Crippen MR) is 85.9 cm³/mol. The monoisotopic (exact) mass is 340 g/mol. The summed E-state index contributed by atoms with van der Waals surface area (Å²) in [4.78, 5) is 4.26. The Hall–Kier alpha value is -1.34. The van der Waals surface area contributed by atoms with Crippen molar-refractivity contribution in [1.82, 2.24) is 10.3 Å². The van der Waals surface area contributed by atoms with Gasteiger partial charge in [0.1, 0.15) is 18.2 Å². The molecule has 0 saturated carbocycles. The van der Waals surface area contributed by atoms with Gasteiger partial charge in [-0.05, 0) is 24.6 Å². The van der Waals surface area contributed by atoms with Crippen LogP contribution in [0.3, 0.4) is 0 Å². The van der Waals surface area contributed by atoms with E-state index in [-0.39, 0.29) is 6.04 Å². The fourth-order valence-corrected chi connectivity index (χ4v) is 3.21. The number of aromatic nitrogens is 1. The number of hydrogen-bond donors (Lipinski definition) is 2. The van der Waals surface area contributed by atoms with Gasteiger partial charge in [-0.3, -0.25) is 0 Å². The highest BCUT2D eigenvalue weighted by atomic mass is 35.5. The summed E-state index contributed by atoms with van der Waals surface area (Å²) in [5.41, 5.74) is 0.702. The smallest absolute Gasteiger partial charge is 0.179 e. The largest absolute Gasteiger partial charge is 0.486 e.